The molecule has 0 saturated carbocycles. The lowest BCUT2D eigenvalue weighted by Crippen LogP contribution is -2.34. The Morgan fingerprint density at radius 2 is 1.79 bits per heavy atom. The maximum absolute atomic E-state index is 12.0. The zero-order valence-corrected chi connectivity index (χ0v) is 12.7. The molecular weight excluding hydrogens is 308 g/mol. The minimum atomic E-state index is -1.19. The molecule has 3 N–H and O–H groups in total. The maximum atomic E-state index is 12.0. The highest BCUT2D eigenvalue weighted by atomic mass is 16.5. The molecule has 0 fully saturated rings. The molecule has 1 unspecified atom stereocenters. The van der Waals surface area contributed by atoms with Crippen molar-refractivity contribution in [1.29, 1.82) is 0 Å². The molecule has 1 atom stereocenters. The van der Waals surface area contributed by atoms with Crippen molar-refractivity contribution in [2.24, 2.45) is 0 Å². The van der Waals surface area contributed by atoms with E-state index in [1.807, 2.05) is 48.5 Å². The van der Waals surface area contributed by atoms with E-state index in [-0.39, 0.29) is 6.61 Å². The number of carbonyl (C=O) groups excluding carboxylic acids is 1. The SMILES string of the molecule is O=C(NC(C(=O)O)c1c[nH]c2ccccc12)OCc1ccccc1. The summed E-state index contributed by atoms with van der Waals surface area (Å²) in [5.41, 5.74) is 2.11. The van der Waals surface area contributed by atoms with E-state index in [0.29, 0.717) is 5.56 Å². The third-order valence-corrected chi connectivity index (χ3v) is 3.65. The summed E-state index contributed by atoms with van der Waals surface area (Å²) >= 11 is 0. The Hall–Kier alpha value is -3.28. The molecule has 122 valence electrons. The second kappa shape index (κ2) is 6.87. The smallest absolute Gasteiger partial charge is 0.408 e. The predicted molar refractivity (Wildman–Crippen MR) is 88.4 cm³/mol. The summed E-state index contributed by atoms with van der Waals surface area (Å²) in [5.74, 6) is -1.16. The molecule has 3 rings (SSSR count). The van der Waals surface area contributed by atoms with Crippen LogP contribution in [0.2, 0.25) is 0 Å². The van der Waals surface area contributed by atoms with E-state index < -0.39 is 18.1 Å². The van der Waals surface area contributed by atoms with Gasteiger partial charge in [-0.3, -0.25) is 0 Å². The highest BCUT2D eigenvalue weighted by Crippen LogP contribution is 2.24. The number of ether oxygens (including phenoxy) is 1. The molecule has 0 radical (unpaired) electrons. The summed E-state index contributed by atoms with van der Waals surface area (Å²) in [5, 5.41) is 12.6. The first-order chi connectivity index (χ1) is 11.6. The van der Waals surface area contributed by atoms with Crippen LogP contribution >= 0.6 is 0 Å². The minimum Gasteiger partial charge on any atom is -0.479 e. The molecule has 6 nitrogen and oxygen atoms in total. The quantitative estimate of drug-likeness (QED) is 0.672. The van der Waals surface area contributed by atoms with Gasteiger partial charge in [-0.25, -0.2) is 9.59 Å². The molecule has 0 spiro atoms. The Labute approximate surface area is 138 Å². The Morgan fingerprint density at radius 3 is 2.54 bits per heavy atom. The number of nitrogens with one attached hydrogen (secondary N) is 2. The topological polar surface area (TPSA) is 91.4 Å². The molecule has 1 heterocycles. The van der Waals surface area contributed by atoms with Crippen LogP contribution in [0.3, 0.4) is 0 Å². The number of aromatic amines is 1. The summed E-state index contributed by atoms with van der Waals surface area (Å²) < 4.78 is 5.10. The van der Waals surface area contributed by atoms with E-state index in [0.717, 1.165) is 16.5 Å². The molecule has 0 bridgehead atoms. The Kier molecular flexibility index (Phi) is 4.47. The van der Waals surface area contributed by atoms with E-state index >= 15 is 0 Å². The number of aliphatic carboxylic acids is 1. The second-order valence-electron chi connectivity index (χ2n) is 5.27. The summed E-state index contributed by atoms with van der Waals surface area (Å²) in [6, 6.07) is 15.3. The zero-order chi connectivity index (χ0) is 16.9. The molecule has 2 aromatic carbocycles. The molecule has 0 aliphatic rings. The number of carbonyl (C=O) groups is 2. The van der Waals surface area contributed by atoms with E-state index in [9.17, 15) is 14.7 Å². The van der Waals surface area contributed by atoms with Crippen LogP contribution < -0.4 is 5.32 Å². The largest absolute Gasteiger partial charge is 0.479 e. The van der Waals surface area contributed by atoms with Crippen LogP contribution in [0.15, 0.2) is 60.8 Å². The summed E-state index contributed by atoms with van der Waals surface area (Å²) in [6.07, 6.45) is 0.803. The van der Waals surface area contributed by atoms with Crippen molar-refractivity contribution in [3.8, 4) is 0 Å². The van der Waals surface area contributed by atoms with E-state index in [2.05, 4.69) is 10.3 Å². The molecule has 6 heteroatoms. The lowest BCUT2D eigenvalue weighted by Gasteiger charge is -2.14. The van der Waals surface area contributed by atoms with Gasteiger partial charge in [-0.15, -0.1) is 0 Å². The van der Waals surface area contributed by atoms with Crippen molar-refractivity contribution in [2.75, 3.05) is 0 Å². The molecular formula is C18H16N2O4. The van der Waals surface area contributed by atoms with Crippen molar-refractivity contribution in [3.05, 3.63) is 71.9 Å². The third kappa shape index (κ3) is 3.38. The van der Waals surface area contributed by atoms with Crippen LogP contribution in [0.5, 0.6) is 0 Å². The number of alkyl carbamates (subject to hydrolysis) is 1. The number of carboxylic acids is 1. The van der Waals surface area contributed by atoms with Gasteiger partial charge in [-0.1, -0.05) is 48.5 Å². The van der Waals surface area contributed by atoms with Gasteiger partial charge >= 0.3 is 12.1 Å². The number of rotatable bonds is 5. The number of fused-ring (bicyclic) bond motifs is 1. The van der Waals surface area contributed by atoms with Crippen molar-refractivity contribution < 1.29 is 19.4 Å². The number of aromatic nitrogens is 1. The predicted octanol–water partition coefficient (Wildman–Crippen LogP) is 3.22. The van der Waals surface area contributed by atoms with E-state index in [4.69, 9.17) is 4.74 Å². The molecule has 3 aromatic rings. The standard InChI is InChI=1S/C18H16N2O4/c21-17(22)16(14-10-19-15-9-5-4-8-13(14)15)20-18(23)24-11-12-6-2-1-3-7-12/h1-10,16,19H,11H2,(H,20,23)(H,21,22). The Bertz CT molecular complexity index is 858. The molecule has 0 aliphatic heterocycles. The summed E-state index contributed by atoms with van der Waals surface area (Å²) in [6.45, 7) is 0.0763. The van der Waals surface area contributed by atoms with Gasteiger partial charge in [-0.05, 0) is 11.6 Å². The molecule has 1 aromatic heterocycles. The van der Waals surface area contributed by atoms with Gasteiger partial charge in [0.05, 0.1) is 0 Å². The average molecular weight is 324 g/mol. The lowest BCUT2D eigenvalue weighted by atomic mass is 10.1. The van der Waals surface area contributed by atoms with Gasteiger partial charge in [0.2, 0.25) is 0 Å². The fourth-order valence-electron chi connectivity index (χ4n) is 2.49. The molecule has 24 heavy (non-hydrogen) atoms. The van der Waals surface area contributed by atoms with Gasteiger partial charge in [0.1, 0.15) is 6.61 Å². The molecule has 1 amide bonds. The van der Waals surface area contributed by atoms with Crippen molar-refractivity contribution in [2.45, 2.75) is 12.6 Å². The van der Waals surface area contributed by atoms with Crippen molar-refractivity contribution >= 4 is 23.0 Å². The van der Waals surface area contributed by atoms with Crippen LogP contribution in [0.1, 0.15) is 17.2 Å². The summed E-state index contributed by atoms with van der Waals surface area (Å²) in [7, 11) is 0. The number of carboxylic acid groups (broad SMARTS) is 1. The minimum absolute atomic E-state index is 0.0763. The van der Waals surface area contributed by atoms with Crippen LogP contribution in [-0.2, 0) is 16.1 Å². The lowest BCUT2D eigenvalue weighted by molar-refractivity contribution is -0.139. The number of hydrogen-bond acceptors (Lipinski definition) is 3. The average Bonchev–Trinajstić information content (AvgIpc) is 3.02. The highest BCUT2D eigenvalue weighted by molar-refractivity contribution is 5.90. The number of H-pyrrole nitrogens is 1. The van der Waals surface area contributed by atoms with Crippen molar-refractivity contribution in [3.63, 3.8) is 0 Å². The van der Waals surface area contributed by atoms with Crippen LogP contribution in [-0.4, -0.2) is 22.2 Å². The first-order valence-electron chi connectivity index (χ1n) is 7.41. The van der Waals surface area contributed by atoms with Gasteiger partial charge < -0.3 is 20.1 Å². The first-order valence-corrected chi connectivity index (χ1v) is 7.41. The zero-order valence-electron chi connectivity index (χ0n) is 12.7. The first kappa shape index (κ1) is 15.6. The fourth-order valence-corrected chi connectivity index (χ4v) is 2.49. The number of amides is 1. The van der Waals surface area contributed by atoms with Gasteiger partial charge in [0.15, 0.2) is 6.04 Å². The number of hydrogen-bond donors (Lipinski definition) is 3. The fraction of sp³-hybridized carbons (Fsp3) is 0.111. The van der Waals surface area contributed by atoms with Crippen LogP contribution in [0, 0.1) is 0 Å². The van der Waals surface area contributed by atoms with E-state index in [1.165, 1.54) is 0 Å². The monoisotopic (exact) mass is 324 g/mol. The maximum Gasteiger partial charge on any atom is 0.408 e. The number of benzene rings is 2. The Morgan fingerprint density at radius 1 is 1.08 bits per heavy atom. The summed E-state index contributed by atoms with van der Waals surface area (Å²) in [4.78, 5) is 26.5. The highest BCUT2D eigenvalue weighted by Gasteiger charge is 2.25. The van der Waals surface area contributed by atoms with Gasteiger partial charge in [0.25, 0.3) is 0 Å². The third-order valence-electron chi connectivity index (χ3n) is 3.65. The second-order valence-corrected chi connectivity index (χ2v) is 5.27. The van der Waals surface area contributed by atoms with Gasteiger partial charge in [0, 0.05) is 22.7 Å². The Balaban J connectivity index is 1.72. The van der Waals surface area contributed by atoms with Gasteiger partial charge in [-0.2, -0.15) is 0 Å². The van der Waals surface area contributed by atoms with Crippen LogP contribution in [0.4, 0.5) is 4.79 Å². The van der Waals surface area contributed by atoms with E-state index in [1.54, 1.807) is 12.3 Å². The van der Waals surface area contributed by atoms with Crippen LogP contribution in [0.25, 0.3) is 10.9 Å². The molecule has 0 saturated heterocycles. The number of para-hydroxylation sites is 1. The normalized spacial score (nSPS) is 11.8. The van der Waals surface area contributed by atoms with Crippen molar-refractivity contribution in [1.82, 2.24) is 10.3 Å². The molecule has 0 aliphatic carbocycles.